The Bertz CT molecular complexity index is 220. The second-order valence-corrected chi connectivity index (χ2v) is 3.60. The Morgan fingerprint density at radius 2 is 2.07 bits per heavy atom. The number of carboxylic acids is 1. The highest BCUT2D eigenvalue weighted by Gasteiger charge is 2.08. The monoisotopic (exact) mass is 198 g/mol. The van der Waals surface area contributed by atoms with Crippen LogP contribution in [0.5, 0.6) is 0 Å². The third-order valence-electron chi connectivity index (χ3n) is 2.42. The largest absolute Gasteiger partial charge is 0.478 e. The van der Waals surface area contributed by atoms with Crippen molar-refractivity contribution in [2.24, 2.45) is 0 Å². The van der Waals surface area contributed by atoms with Crippen LogP contribution in [0.2, 0.25) is 0 Å². The molecule has 0 saturated carbocycles. The number of rotatable bonds is 4. The maximum Gasteiger partial charge on any atom is 0.330 e. The summed E-state index contributed by atoms with van der Waals surface area (Å²) in [5.74, 6) is -0.842. The van der Waals surface area contributed by atoms with Crippen LogP contribution in [0.15, 0.2) is 11.6 Å². The van der Waals surface area contributed by atoms with Gasteiger partial charge in [0.05, 0.1) is 0 Å². The van der Waals surface area contributed by atoms with Gasteiger partial charge in [0.1, 0.15) is 0 Å². The molecule has 1 rings (SSSR count). The summed E-state index contributed by atoms with van der Waals surface area (Å²) in [4.78, 5) is 10.5. The van der Waals surface area contributed by atoms with E-state index in [1.165, 1.54) is 19.3 Å². The number of carbonyl (C=O) groups is 1. The van der Waals surface area contributed by atoms with Crippen LogP contribution in [0.25, 0.3) is 0 Å². The Balaban J connectivity index is 2.19. The Morgan fingerprint density at radius 1 is 1.43 bits per heavy atom. The fourth-order valence-electron chi connectivity index (χ4n) is 1.47. The minimum Gasteiger partial charge on any atom is -0.478 e. The quantitative estimate of drug-likeness (QED) is 0.662. The molecule has 1 heterocycles. The SMILES string of the molecule is CC(=CCNN1CCCCC1)C(=O)O. The van der Waals surface area contributed by atoms with Gasteiger partial charge >= 0.3 is 5.97 Å². The van der Waals surface area contributed by atoms with Gasteiger partial charge in [-0.25, -0.2) is 9.80 Å². The third kappa shape index (κ3) is 3.89. The van der Waals surface area contributed by atoms with Gasteiger partial charge in [0, 0.05) is 25.2 Å². The molecule has 0 aromatic rings. The summed E-state index contributed by atoms with van der Waals surface area (Å²) in [5.41, 5.74) is 3.60. The van der Waals surface area contributed by atoms with Crippen LogP contribution >= 0.6 is 0 Å². The van der Waals surface area contributed by atoms with Gasteiger partial charge < -0.3 is 5.11 Å². The fourth-order valence-corrected chi connectivity index (χ4v) is 1.47. The number of hydrogen-bond acceptors (Lipinski definition) is 3. The van der Waals surface area contributed by atoms with Crippen LogP contribution in [0.1, 0.15) is 26.2 Å². The highest BCUT2D eigenvalue weighted by molar-refractivity contribution is 5.85. The van der Waals surface area contributed by atoms with Crippen LogP contribution < -0.4 is 5.43 Å². The molecule has 1 fully saturated rings. The zero-order valence-electron chi connectivity index (χ0n) is 8.62. The molecule has 1 saturated heterocycles. The van der Waals surface area contributed by atoms with E-state index in [-0.39, 0.29) is 0 Å². The van der Waals surface area contributed by atoms with Crippen molar-refractivity contribution in [3.8, 4) is 0 Å². The molecule has 0 radical (unpaired) electrons. The molecule has 0 bridgehead atoms. The van der Waals surface area contributed by atoms with E-state index in [9.17, 15) is 4.79 Å². The third-order valence-corrected chi connectivity index (χ3v) is 2.42. The molecule has 80 valence electrons. The van der Waals surface area contributed by atoms with Gasteiger partial charge in [-0.2, -0.15) is 0 Å². The molecule has 0 spiro atoms. The highest BCUT2D eigenvalue weighted by atomic mass is 16.4. The Hall–Kier alpha value is -0.870. The summed E-state index contributed by atoms with van der Waals surface area (Å²) in [6.45, 7) is 4.36. The molecule has 0 aromatic heterocycles. The average Bonchev–Trinajstić information content (AvgIpc) is 2.19. The Labute approximate surface area is 84.6 Å². The number of nitrogens with zero attached hydrogens (tertiary/aromatic N) is 1. The molecule has 0 aliphatic carbocycles. The summed E-state index contributed by atoms with van der Waals surface area (Å²) in [5, 5.41) is 10.8. The minimum atomic E-state index is -0.842. The van der Waals surface area contributed by atoms with Crippen molar-refractivity contribution >= 4 is 5.97 Å². The lowest BCUT2D eigenvalue weighted by atomic mass is 10.2. The number of hydrogen-bond donors (Lipinski definition) is 2. The smallest absolute Gasteiger partial charge is 0.330 e. The van der Waals surface area contributed by atoms with Crippen LogP contribution in [-0.2, 0) is 4.79 Å². The van der Waals surface area contributed by atoms with Crippen molar-refractivity contribution in [3.05, 3.63) is 11.6 Å². The number of piperidine rings is 1. The summed E-state index contributed by atoms with van der Waals surface area (Å²) < 4.78 is 0. The summed E-state index contributed by atoms with van der Waals surface area (Å²) in [6, 6.07) is 0. The van der Waals surface area contributed by atoms with Crippen molar-refractivity contribution in [2.45, 2.75) is 26.2 Å². The Morgan fingerprint density at radius 3 is 2.64 bits per heavy atom. The molecule has 0 unspecified atom stereocenters. The fraction of sp³-hybridized carbons (Fsp3) is 0.700. The molecule has 14 heavy (non-hydrogen) atoms. The van der Waals surface area contributed by atoms with Gasteiger partial charge in [-0.1, -0.05) is 12.5 Å². The predicted molar refractivity (Wildman–Crippen MR) is 54.8 cm³/mol. The first-order valence-corrected chi connectivity index (χ1v) is 5.08. The van der Waals surface area contributed by atoms with E-state index in [0.29, 0.717) is 12.1 Å². The molecule has 2 N–H and O–H groups in total. The number of carboxylic acid groups (broad SMARTS) is 1. The lowest BCUT2D eigenvalue weighted by Gasteiger charge is -2.26. The van der Waals surface area contributed by atoms with Gasteiger partial charge in [0.15, 0.2) is 0 Å². The molecule has 0 atom stereocenters. The first kappa shape index (κ1) is 11.2. The molecule has 4 heteroatoms. The zero-order valence-corrected chi connectivity index (χ0v) is 8.62. The van der Waals surface area contributed by atoms with Gasteiger partial charge in [-0.15, -0.1) is 0 Å². The number of aliphatic carboxylic acids is 1. The van der Waals surface area contributed by atoms with Crippen molar-refractivity contribution in [2.75, 3.05) is 19.6 Å². The van der Waals surface area contributed by atoms with Crippen LogP contribution in [0.4, 0.5) is 0 Å². The van der Waals surface area contributed by atoms with E-state index in [2.05, 4.69) is 10.4 Å². The van der Waals surface area contributed by atoms with Crippen molar-refractivity contribution in [3.63, 3.8) is 0 Å². The Kier molecular flexibility index (Phi) is 4.62. The van der Waals surface area contributed by atoms with Gasteiger partial charge in [0.2, 0.25) is 0 Å². The average molecular weight is 198 g/mol. The van der Waals surface area contributed by atoms with E-state index in [1.807, 2.05) is 0 Å². The molecule has 1 aliphatic heterocycles. The summed E-state index contributed by atoms with van der Waals surface area (Å²) >= 11 is 0. The van der Waals surface area contributed by atoms with E-state index >= 15 is 0 Å². The number of hydrazine groups is 1. The first-order valence-electron chi connectivity index (χ1n) is 5.08. The van der Waals surface area contributed by atoms with E-state index < -0.39 is 5.97 Å². The number of nitrogens with one attached hydrogen (secondary N) is 1. The lowest BCUT2D eigenvalue weighted by molar-refractivity contribution is -0.132. The molecular weight excluding hydrogens is 180 g/mol. The van der Waals surface area contributed by atoms with Crippen LogP contribution in [0.3, 0.4) is 0 Å². The van der Waals surface area contributed by atoms with E-state index in [0.717, 1.165) is 13.1 Å². The maximum absolute atomic E-state index is 10.5. The normalized spacial score (nSPS) is 19.6. The van der Waals surface area contributed by atoms with Crippen molar-refractivity contribution in [1.82, 2.24) is 10.4 Å². The van der Waals surface area contributed by atoms with Crippen molar-refractivity contribution in [1.29, 1.82) is 0 Å². The standard InChI is InChI=1S/C10H18N2O2/c1-9(10(13)14)5-6-11-12-7-3-2-4-8-12/h5,11H,2-4,6-8H2,1H3,(H,13,14). The van der Waals surface area contributed by atoms with Crippen LogP contribution in [-0.4, -0.2) is 35.7 Å². The molecule has 0 amide bonds. The summed E-state index contributed by atoms with van der Waals surface area (Å²) in [7, 11) is 0. The van der Waals surface area contributed by atoms with E-state index in [4.69, 9.17) is 5.11 Å². The van der Waals surface area contributed by atoms with Crippen molar-refractivity contribution < 1.29 is 9.90 Å². The zero-order chi connectivity index (χ0) is 10.4. The molecule has 1 aliphatic rings. The maximum atomic E-state index is 10.5. The lowest BCUT2D eigenvalue weighted by Crippen LogP contribution is -2.41. The first-order chi connectivity index (χ1) is 6.70. The highest BCUT2D eigenvalue weighted by Crippen LogP contribution is 2.05. The molecule has 4 nitrogen and oxygen atoms in total. The van der Waals surface area contributed by atoms with Crippen LogP contribution in [0, 0.1) is 0 Å². The van der Waals surface area contributed by atoms with Gasteiger partial charge in [0.25, 0.3) is 0 Å². The second-order valence-electron chi connectivity index (χ2n) is 3.60. The topological polar surface area (TPSA) is 52.6 Å². The van der Waals surface area contributed by atoms with Gasteiger partial charge in [-0.05, 0) is 19.8 Å². The summed E-state index contributed by atoms with van der Waals surface area (Å²) in [6.07, 6.45) is 5.47. The van der Waals surface area contributed by atoms with Gasteiger partial charge in [-0.3, -0.25) is 5.43 Å². The van der Waals surface area contributed by atoms with E-state index in [1.54, 1.807) is 13.0 Å². The second kappa shape index (κ2) is 5.78. The molecule has 0 aromatic carbocycles. The minimum absolute atomic E-state index is 0.398. The predicted octanol–water partition coefficient (Wildman–Crippen LogP) is 1.01. The molecular formula is C10H18N2O2.